The summed E-state index contributed by atoms with van der Waals surface area (Å²) in [4.78, 5) is 4.12. The molecule has 1 heterocycles. The van der Waals surface area contributed by atoms with Crippen LogP contribution in [0.15, 0.2) is 22.9 Å². The predicted octanol–water partition coefficient (Wildman–Crippen LogP) is 1.84. The summed E-state index contributed by atoms with van der Waals surface area (Å²) in [5.74, 6) is 0. The minimum Gasteiger partial charge on any atom is -0.329 e. The van der Waals surface area contributed by atoms with E-state index < -0.39 is 0 Å². The Labute approximate surface area is 93.2 Å². The van der Waals surface area contributed by atoms with Gasteiger partial charge in [-0.3, -0.25) is 4.98 Å². The van der Waals surface area contributed by atoms with Gasteiger partial charge in [0.1, 0.15) is 0 Å². The number of nitrogens with one attached hydrogen (secondary N) is 1. The van der Waals surface area contributed by atoms with E-state index in [2.05, 4.69) is 40.1 Å². The lowest BCUT2D eigenvalue weighted by molar-refractivity contribution is 0.482. The number of hydrogen-bond donors (Lipinski definition) is 2. The molecule has 0 saturated carbocycles. The van der Waals surface area contributed by atoms with Crippen molar-refractivity contribution < 1.29 is 0 Å². The molecule has 1 rings (SSSR count). The van der Waals surface area contributed by atoms with Crippen LogP contribution in [0.3, 0.4) is 0 Å². The number of hydrogen-bond acceptors (Lipinski definition) is 3. The minimum atomic E-state index is 0.181. The third kappa shape index (κ3) is 3.36. The first-order valence-electron chi connectivity index (χ1n) is 4.70. The van der Waals surface area contributed by atoms with Crippen molar-refractivity contribution in [1.29, 1.82) is 0 Å². The highest BCUT2D eigenvalue weighted by Gasteiger charge is 2.10. The van der Waals surface area contributed by atoms with E-state index >= 15 is 0 Å². The van der Waals surface area contributed by atoms with Crippen LogP contribution in [0.2, 0.25) is 0 Å². The van der Waals surface area contributed by atoms with Gasteiger partial charge in [0.15, 0.2) is 0 Å². The van der Waals surface area contributed by atoms with Crippen molar-refractivity contribution in [1.82, 2.24) is 10.3 Å². The van der Waals surface area contributed by atoms with Gasteiger partial charge in [0.25, 0.3) is 0 Å². The fourth-order valence-electron chi connectivity index (χ4n) is 1.32. The molecule has 0 aliphatic rings. The highest BCUT2D eigenvalue weighted by Crippen LogP contribution is 2.16. The largest absolute Gasteiger partial charge is 0.329 e. The Kier molecular flexibility index (Phi) is 4.51. The molecule has 3 nitrogen and oxygen atoms in total. The third-order valence-electron chi connectivity index (χ3n) is 1.90. The Morgan fingerprint density at radius 1 is 1.50 bits per heavy atom. The van der Waals surface area contributed by atoms with Gasteiger partial charge < -0.3 is 11.1 Å². The van der Waals surface area contributed by atoms with Gasteiger partial charge in [0.05, 0.1) is 0 Å². The van der Waals surface area contributed by atoms with Crippen molar-refractivity contribution in [2.45, 2.75) is 25.9 Å². The SMILES string of the molecule is CC(C)NC(CN)c1cncc(Br)c1. The Balaban J connectivity index is 2.78. The maximum absolute atomic E-state index is 5.70. The fraction of sp³-hybridized carbons (Fsp3) is 0.500. The lowest BCUT2D eigenvalue weighted by Crippen LogP contribution is -2.33. The second-order valence-corrected chi connectivity index (χ2v) is 4.46. The summed E-state index contributed by atoms with van der Waals surface area (Å²) in [5.41, 5.74) is 6.82. The highest BCUT2D eigenvalue weighted by atomic mass is 79.9. The Morgan fingerprint density at radius 2 is 2.21 bits per heavy atom. The van der Waals surface area contributed by atoms with E-state index in [1.165, 1.54) is 0 Å². The molecule has 0 saturated heterocycles. The second kappa shape index (κ2) is 5.44. The Morgan fingerprint density at radius 3 is 2.71 bits per heavy atom. The molecule has 0 fully saturated rings. The molecule has 1 atom stereocenters. The van der Waals surface area contributed by atoms with E-state index in [0.29, 0.717) is 12.6 Å². The minimum absolute atomic E-state index is 0.181. The van der Waals surface area contributed by atoms with Gasteiger partial charge in [0.2, 0.25) is 0 Å². The van der Waals surface area contributed by atoms with E-state index in [-0.39, 0.29) is 6.04 Å². The van der Waals surface area contributed by atoms with Crippen LogP contribution < -0.4 is 11.1 Å². The van der Waals surface area contributed by atoms with Crippen LogP contribution >= 0.6 is 15.9 Å². The number of halogens is 1. The van der Waals surface area contributed by atoms with Crippen LogP contribution in [0.5, 0.6) is 0 Å². The van der Waals surface area contributed by atoms with Crippen LogP contribution in [-0.4, -0.2) is 17.6 Å². The molecule has 3 N–H and O–H groups in total. The van der Waals surface area contributed by atoms with E-state index in [1.54, 1.807) is 6.20 Å². The molecule has 4 heteroatoms. The highest BCUT2D eigenvalue weighted by molar-refractivity contribution is 9.10. The molecule has 1 aromatic heterocycles. The zero-order chi connectivity index (χ0) is 10.6. The first kappa shape index (κ1) is 11.6. The van der Waals surface area contributed by atoms with Crippen LogP contribution in [0.25, 0.3) is 0 Å². The lowest BCUT2D eigenvalue weighted by atomic mass is 10.1. The topological polar surface area (TPSA) is 50.9 Å². The maximum Gasteiger partial charge on any atom is 0.0462 e. The van der Waals surface area contributed by atoms with Crippen molar-refractivity contribution in [3.63, 3.8) is 0 Å². The molecule has 14 heavy (non-hydrogen) atoms. The molecule has 0 amide bonds. The van der Waals surface area contributed by atoms with Gasteiger partial charge in [0, 0.05) is 35.5 Å². The number of nitrogens with two attached hydrogens (primary N) is 1. The predicted molar refractivity (Wildman–Crippen MR) is 62.0 cm³/mol. The van der Waals surface area contributed by atoms with Crippen LogP contribution in [0, 0.1) is 0 Å². The second-order valence-electron chi connectivity index (χ2n) is 3.55. The first-order valence-corrected chi connectivity index (χ1v) is 5.49. The molecule has 0 aromatic carbocycles. The van der Waals surface area contributed by atoms with Crippen molar-refractivity contribution >= 4 is 15.9 Å². The molecule has 1 unspecified atom stereocenters. The zero-order valence-corrected chi connectivity index (χ0v) is 10.1. The Hall–Kier alpha value is -0.450. The standard InChI is InChI=1S/C10H16BrN3/c1-7(2)14-10(4-12)8-3-9(11)6-13-5-8/h3,5-7,10,14H,4,12H2,1-2H3. The summed E-state index contributed by atoms with van der Waals surface area (Å²) in [5, 5.41) is 3.39. The first-order chi connectivity index (χ1) is 6.63. The third-order valence-corrected chi connectivity index (χ3v) is 2.33. The molecule has 0 spiro atoms. The summed E-state index contributed by atoms with van der Waals surface area (Å²) >= 11 is 3.39. The van der Waals surface area contributed by atoms with E-state index in [0.717, 1.165) is 10.0 Å². The van der Waals surface area contributed by atoms with E-state index in [9.17, 15) is 0 Å². The van der Waals surface area contributed by atoms with Crippen molar-refractivity contribution in [2.24, 2.45) is 5.73 Å². The van der Waals surface area contributed by atoms with Gasteiger partial charge >= 0.3 is 0 Å². The summed E-state index contributed by atoms with van der Waals surface area (Å²) in [6.45, 7) is 4.79. The number of aromatic nitrogens is 1. The number of pyridine rings is 1. The van der Waals surface area contributed by atoms with Crippen LogP contribution in [0.1, 0.15) is 25.5 Å². The van der Waals surface area contributed by atoms with Gasteiger partial charge in [-0.15, -0.1) is 0 Å². The number of nitrogens with zero attached hydrogens (tertiary/aromatic N) is 1. The van der Waals surface area contributed by atoms with Gasteiger partial charge in [-0.1, -0.05) is 13.8 Å². The Bertz CT molecular complexity index is 288. The maximum atomic E-state index is 5.70. The van der Waals surface area contributed by atoms with Gasteiger partial charge in [-0.25, -0.2) is 0 Å². The van der Waals surface area contributed by atoms with Crippen molar-refractivity contribution in [2.75, 3.05) is 6.54 Å². The molecular weight excluding hydrogens is 242 g/mol. The monoisotopic (exact) mass is 257 g/mol. The van der Waals surface area contributed by atoms with Crippen LogP contribution in [-0.2, 0) is 0 Å². The molecule has 0 bridgehead atoms. The molecule has 78 valence electrons. The molecule has 0 aliphatic carbocycles. The van der Waals surface area contributed by atoms with Crippen LogP contribution in [0.4, 0.5) is 0 Å². The average Bonchev–Trinajstić information content (AvgIpc) is 2.14. The quantitative estimate of drug-likeness (QED) is 0.866. The number of rotatable bonds is 4. The normalized spacial score (nSPS) is 13.2. The fourth-order valence-corrected chi connectivity index (χ4v) is 1.70. The average molecular weight is 258 g/mol. The molecular formula is C10H16BrN3. The molecule has 0 radical (unpaired) electrons. The summed E-state index contributed by atoms with van der Waals surface area (Å²) in [6, 6.07) is 2.64. The van der Waals surface area contributed by atoms with Gasteiger partial charge in [-0.2, -0.15) is 0 Å². The smallest absolute Gasteiger partial charge is 0.0462 e. The summed E-state index contributed by atoms with van der Waals surface area (Å²) in [7, 11) is 0. The summed E-state index contributed by atoms with van der Waals surface area (Å²) < 4.78 is 0.985. The van der Waals surface area contributed by atoms with Crippen molar-refractivity contribution in [3.8, 4) is 0 Å². The molecule has 1 aromatic rings. The van der Waals surface area contributed by atoms with Gasteiger partial charge in [-0.05, 0) is 27.6 Å². The summed E-state index contributed by atoms with van der Waals surface area (Å²) in [6.07, 6.45) is 3.62. The van der Waals surface area contributed by atoms with E-state index in [4.69, 9.17) is 5.73 Å². The van der Waals surface area contributed by atoms with Crippen molar-refractivity contribution in [3.05, 3.63) is 28.5 Å². The zero-order valence-electron chi connectivity index (χ0n) is 8.50. The molecule has 0 aliphatic heterocycles. The lowest BCUT2D eigenvalue weighted by Gasteiger charge is -2.19. The van der Waals surface area contributed by atoms with E-state index in [1.807, 2.05) is 12.3 Å².